The van der Waals surface area contributed by atoms with E-state index in [1.807, 2.05) is 6.07 Å². The number of carbonyl (C=O) groups is 1. The highest BCUT2D eigenvalue weighted by Crippen LogP contribution is 2.27. The number of rotatable bonds is 3. The number of nitrogens with two attached hydrogens (primary N) is 1. The second-order valence-corrected chi connectivity index (χ2v) is 4.56. The topological polar surface area (TPSA) is 75.3 Å². The molecule has 0 bridgehead atoms. The first-order valence-electron chi connectivity index (χ1n) is 5.97. The summed E-state index contributed by atoms with van der Waals surface area (Å²) >= 11 is 0. The van der Waals surface area contributed by atoms with Gasteiger partial charge in [-0.25, -0.2) is 4.79 Å². The van der Waals surface area contributed by atoms with E-state index in [0.717, 1.165) is 24.9 Å². The SMILES string of the molecule is NCC1CCNC(c2cccc(C(=O)O)c2)C1. The van der Waals surface area contributed by atoms with Gasteiger partial charge in [-0.1, -0.05) is 12.1 Å². The van der Waals surface area contributed by atoms with E-state index in [2.05, 4.69) is 5.32 Å². The summed E-state index contributed by atoms with van der Waals surface area (Å²) < 4.78 is 0. The predicted molar refractivity (Wildman–Crippen MR) is 65.9 cm³/mol. The summed E-state index contributed by atoms with van der Waals surface area (Å²) in [6.07, 6.45) is 2.09. The van der Waals surface area contributed by atoms with Crippen molar-refractivity contribution in [1.29, 1.82) is 0 Å². The third-order valence-electron chi connectivity index (χ3n) is 3.38. The Morgan fingerprint density at radius 3 is 3.06 bits per heavy atom. The molecule has 4 N–H and O–H groups in total. The number of carboxylic acids is 1. The van der Waals surface area contributed by atoms with Crippen molar-refractivity contribution >= 4 is 5.97 Å². The average Bonchev–Trinajstić information content (AvgIpc) is 2.39. The largest absolute Gasteiger partial charge is 0.478 e. The lowest BCUT2D eigenvalue weighted by Crippen LogP contribution is -2.34. The Balaban J connectivity index is 2.16. The molecule has 0 aliphatic carbocycles. The van der Waals surface area contributed by atoms with Crippen LogP contribution >= 0.6 is 0 Å². The van der Waals surface area contributed by atoms with E-state index in [4.69, 9.17) is 10.8 Å². The molecule has 1 aliphatic heterocycles. The Morgan fingerprint density at radius 1 is 1.53 bits per heavy atom. The molecular formula is C13H18N2O2. The number of hydrogen-bond acceptors (Lipinski definition) is 3. The standard InChI is InChI=1S/C13H18N2O2/c14-8-9-4-5-15-12(6-9)10-2-1-3-11(7-10)13(16)17/h1-3,7,9,12,15H,4-6,8,14H2,(H,16,17). The van der Waals surface area contributed by atoms with Crippen LogP contribution < -0.4 is 11.1 Å². The van der Waals surface area contributed by atoms with Crippen molar-refractivity contribution in [2.45, 2.75) is 18.9 Å². The van der Waals surface area contributed by atoms with Gasteiger partial charge in [-0.15, -0.1) is 0 Å². The first-order chi connectivity index (χ1) is 8.20. The summed E-state index contributed by atoms with van der Waals surface area (Å²) in [5.74, 6) is -0.340. The molecule has 4 heteroatoms. The zero-order chi connectivity index (χ0) is 12.3. The maximum atomic E-state index is 10.9. The second kappa shape index (κ2) is 5.29. The predicted octanol–water partition coefficient (Wildman–Crippen LogP) is 1.38. The van der Waals surface area contributed by atoms with Gasteiger partial charge in [0, 0.05) is 6.04 Å². The molecule has 4 nitrogen and oxygen atoms in total. The summed E-state index contributed by atoms with van der Waals surface area (Å²) in [5, 5.41) is 12.4. The number of aromatic carboxylic acids is 1. The molecule has 1 aromatic rings. The highest BCUT2D eigenvalue weighted by Gasteiger charge is 2.22. The molecule has 2 unspecified atom stereocenters. The first kappa shape index (κ1) is 12.1. The molecule has 1 saturated heterocycles. The number of piperidine rings is 1. The van der Waals surface area contributed by atoms with Gasteiger partial charge in [-0.2, -0.15) is 0 Å². The minimum absolute atomic E-state index is 0.233. The first-order valence-corrected chi connectivity index (χ1v) is 5.97. The fraction of sp³-hybridized carbons (Fsp3) is 0.462. The van der Waals surface area contributed by atoms with E-state index < -0.39 is 5.97 Å². The Morgan fingerprint density at radius 2 is 2.35 bits per heavy atom. The molecule has 0 radical (unpaired) electrons. The van der Waals surface area contributed by atoms with Crippen LogP contribution in [0.3, 0.4) is 0 Å². The van der Waals surface area contributed by atoms with Crippen molar-refractivity contribution in [3.63, 3.8) is 0 Å². The molecule has 0 amide bonds. The van der Waals surface area contributed by atoms with E-state index in [0.29, 0.717) is 18.0 Å². The maximum Gasteiger partial charge on any atom is 0.335 e. The van der Waals surface area contributed by atoms with Crippen molar-refractivity contribution in [3.8, 4) is 0 Å². The van der Waals surface area contributed by atoms with Gasteiger partial charge in [0.15, 0.2) is 0 Å². The Labute approximate surface area is 101 Å². The van der Waals surface area contributed by atoms with E-state index in [9.17, 15) is 4.79 Å². The average molecular weight is 234 g/mol. The van der Waals surface area contributed by atoms with E-state index in [1.54, 1.807) is 18.2 Å². The van der Waals surface area contributed by atoms with Crippen LogP contribution in [0.5, 0.6) is 0 Å². The van der Waals surface area contributed by atoms with Crippen LogP contribution in [0.25, 0.3) is 0 Å². The van der Waals surface area contributed by atoms with Gasteiger partial charge in [0.25, 0.3) is 0 Å². The zero-order valence-electron chi connectivity index (χ0n) is 9.73. The normalized spacial score (nSPS) is 24.5. The molecule has 0 saturated carbocycles. The van der Waals surface area contributed by atoms with Crippen molar-refractivity contribution in [2.75, 3.05) is 13.1 Å². The van der Waals surface area contributed by atoms with Crippen LogP contribution in [-0.2, 0) is 0 Å². The monoisotopic (exact) mass is 234 g/mol. The number of hydrogen-bond donors (Lipinski definition) is 3. The Bertz CT molecular complexity index is 406. The molecule has 1 aromatic carbocycles. The zero-order valence-corrected chi connectivity index (χ0v) is 9.73. The molecule has 17 heavy (non-hydrogen) atoms. The Hall–Kier alpha value is -1.39. The van der Waals surface area contributed by atoms with Crippen LogP contribution in [0, 0.1) is 5.92 Å². The number of carboxylic acid groups (broad SMARTS) is 1. The van der Waals surface area contributed by atoms with Crippen molar-refractivity contribution < 1.29 is 9.90 Å². The van der Waals surface area contributed by atoms with E-state index in [1.165, 1.54) is 0 Å². The van der Waals surface area contributed by atoms with Gasteiger partial charge in [0.1, 0.15) is 0 Å². The molecule has 1 aliphatic rings. The molecular weight excluding hydrogens is 216 g/mol. The molecule has 2 atom stereocenters. The second-order valence-electron chi connectivity index (χ2n) is 4.56. The summed E-state index contributed by atoms with van der Waals surface area (Å²) in [6.45, 7) is 1.65. The van der Waals surface area contributed by atoms with Crippen molar-refractivity contribution in [3.05, 3.63) is 35.4 Å². The molecule has 1 fully saturated rings. The summed E-state index contributed by atoms with van der Waals surface area (Å²) in [6, 6.07) is 7.38. The van der Waals surface area contributed by atoms with Crippen LogP contribution in [0.4, 0.5) is 0 Å². The van der Waals surface area contributed by atoms with Crippen LogP contribution in [0.15, 0.2) is 24.3 Å². The van der Waals surface area contributed by atoms with Crippen molar-refractivity contribution in [1.82, 2.24) is 5.32 Å². The van der Waals surface area contributed by atoms with Crippen LogP contribution in [-0.4, -0.2) is 24.2 Å². The van der Waals surface area contributed by atoms with Crippen molar-refractivity contribution in [2.24, 2.45) is 11.7 Å². The Kier molecular flexibility index (Phi) is 3.76. The minimum atomic E-state index is -0.877. The molecule has 92 valence electrons. The molecule has 0 aromatic heterocycles. The number of nitrogens with one attached hydrogen (secondary N) is 1. The van der Waals surface area contributed by atoms with Gasteiger partial charge in [-0.3, -0.25) is 0 Å². The van der Waals surface area contributed by atoms with Gasteiger partial charge in [-0.05, 0) is 49.5 Å². The third-order valence-corrected chi connectivity index (χ3v) is 3.38. The molecule has 1 heterocycles. The lowest BCUT2D eigenvalue weighted by atomic mass is 9.88. The smallest absolute Gasteiger partial charge is 0.335 e. The maximum absolute atomic E-state index is 10.9. The van der Waals surface area contributed by atoms with Crippen LogP contribution in [0.2, 0.25) is 0 Å². The lowest BCUT2D eigenvalue weighted by Gasteiger charge is -2.30. The van der Waals surface area contributed by atoms with E-state index >= 15 is 0 Å². The quantitative estimate of drug-likeness (QED) is 0.738. The highest BCUT2D eigenvalue weighted by atomic mass is 16.4. The highest BCUT2D eigenvalue weighted by molar-refractivity contribution is 5.87. The molecule has 0 spiro atoms. The fourth-order valence-corrected chi connectivity index (χ4v) is 2.35. The minimum Gasteiger partial charge on any atom is -0.478 e. The summed E-state index contributed by atoms with van der Waals surface area (Å²) in [5.41, 5.74) is 7.09. The third kappa shape index (κ3) is 2.84. The lowest BCUT2D eigenvalue weighted by molar-refractivity contribution is 0.0696. The fourth-order valence-electron chi connectivity index (χ4n) is 2.35. The van der Waals surface area contributed by atoms with Gasteiger partial charge in [0.2, 0.25) is 0 Å². The van der Waals surface area contributed by atoms with Gasteiger partial charge < -0.3 is 16.2 Å². The van der Waals surface area contributed by atoms with Gasteiger partial charge in [0.05, 0.1) is 5.56 Å². The molecule has 2 rings (SSSR count). The van der Waals surface area contributed by atoms with E-state index in [-0.39, 0.29) is 6.04 Å². The summed E-state index contributed by atoms with van der Waals surface area (Å²) in [7, 11) is 0. The van der Waals surface area contributed by atoms with Gasteiger partial charge >= 0.3 is 5.97 Å². The number of benzene rings is 1. The van der Waals surface area contributed by atoms with Crippen LogP contribution in [0.1, 0.15) is 34.8 Å². The summed E-state index contributed by atoms with van der Waals surface area (Å²) in [4.78, 5) is 10.9.